The molecule has 1 heterocycles. The molecule has 0 radical (unpaired) electrons. The summed E-state index contributed by atoms with van der Waals surface area (Å²) in [6.07, 6.45) is 3.42. The Kier molecular flexibility index (Phi) is 2.74. The molecular weight excluding hydrogens is 152 g/mol. The maximum Gasteiger partial charge on any atom is 0.148 e. The van der Waals surface area contributed by atoms with Crippen LogP contribution in [0.25, 0.3) is 0 Å². The smallest absolute Gasteiger partial charge is 0.148 e. The number of nitrogens with zero attached hydrogens (tertiary/aromatic N) is 3. The van der Waals surface area contributed by atoms with E-state index in [-0.39, 0.29) is 0 Å². The van der Waals surface area contributed by atoms with Crippen LogP contribution in [0.5, 0.6) is 0 Å². The molecular formula is C8H12N4. The minimum atomic E-state index is 0.752. The quantitative estimate of drug-likeness (QED) is 0.482. The number of rotatable bonds is 1. The third-order valence-electron chi connectivity index (χ3n) is 1.48. The first-order chi connectivity index (χ1) is 5.77. The molecule has 0 fully saturated rings. The van der Waals surface area contributed by atoms with Crippen LogP contribution < -0.4 is 5.32 Å². The molecule has 1 aromatic heterocycles. The van der Waals surface area contributed by atoms with Gasteiger partial charge in [-0.2, -0.15) is 0 Å². The zero-order valence-corrected chi connectivity index (χ0v) is 7.50. The fraction of sp³-hybridized carbons (Fsp3) is 0.375. The van der Waals surface area contributed by atoms with Gasteiger partial charge in [-0.1, -0.05) is 0 Å². The van der Waals surface area contributed by atoms with Gasteiger partial charge in [0.2, 0.25) is 0 Å². The highest BCUT2D eigenvalue weighted by molar-refractivity contribution is 5.96. The molecule has 0 saturated carbocycles. The topological polar surface area (TPSA) is 50.2 Å². The molecule has 0 spiro atoms. The van der Waals surface area contributed by atoms with E-state index < -0.39 is 0 Å². The highest BCUT2D eigenvalue weighted by Gasteiger charge is 2.00. The Morgan fingerprint density at radius 1 is 1.42 bits per heavy atom. The van der Waals surface area contributed by atoms with Crippen molar-refractivity contribution >= 4 is 5.84 Å². The first-order valence-corrected chi connectivity index (χ1v) is 3.71. The van der Waals surface area contributed by atoms with Gasteiger partial charge < -0.3 is 5.32 Å². The molecule has 12 heavy (non-hydrogen) atoms. The summed E-state index contributed by atoms with van der Waals surface area (Å²) in [5.41, 5.74) is 1.68. The van der Waals surface area contributed by atoms with Crippen molar-refractivity contribution in [2.75, 3.05) is 14.1 Å². The summed E-state index contributed by atoms with van der Waals surface area (Å²) in [5, 5.41) is 2.93. The van der Waals surface area contributed by atoms with E-state index in [4.69, 9.17) is 0 Å². The Bertz CT molecular complexity index is 276. The van der Waals surface area contributed by atoms with E-state index in [0.29, 0.717) is 0 Å². The second-order valence-corrected chi connectivity index (χ2v) is 2.37. The third kappa shape index (κ3) is 1.78. The highest BCUT2D eigenvalue weighted by Crippen LogP contribution is 1.93. The van der Waals surface area contributed by atoms with Crippen molar-refractivity contribution in [2.24, 2.45) is 4.99 Å². The standard InChI is InChI=1S/C8H12N4/c1-6-4-12-7(5-11-6)8(9-2)10-3/h4-5H,1-3H3,(H,9,10). The largest absolute Gasteiger partial charge is 0.372 e. The molecule has 0 aliphatic carbocycles. The van der Waals surface area contributed by atoms with Gasteiger partial charge in [-0.3, -0.25) is 9.98 Å². The molecule has 1 N–H and O–H groups in total. The van der Waals surface area contributed by atoms with Gasteiger partial charge in [-0.15, -0.1) is 0 Å². The van der Waals surface area contributed by atoms with Crippen molar-refractivity contribution in [3.63, 3.8) is 0 Å². The molecule has 64 valence electrons. The lowest BCUT2D eigenvalue weighted by molar-refractivity contribution is 1.06. The van der Waals surface area contributed by atoms with Crippen molar-refractivity contribution in [2.45, 2.75) is 6.92 Å². The summed E-state index contributed by atoms with van der Waals surface area (Å²) in [5.74, 6) is 0.752. The summed E-state index contributed by atoms with van der Waals surface area (Å²) < 4.78 is 0. The van der Waals surface area contributed by atoms with Gasteiger partial charge in [0.25, 0.3) is 0 Å². The zero-order chi connectivity index (χ0) is 8.97. The molecule has 0 saturated heterocycles. The van der Waals surface area contributed by atoms with Crippen molar-refractivity contribution in [1.29, 1.82) is 0 Å². The first kappa shape index (κ1) is 8.64. The maximum absolute atomic E-state index is 4.16. The van der Waals surface area contributed by atoms with Gasteiger partial charge in [-0.05, 0) is 6.92 Å². The van der Waals surface area contributed by atoms with Crippen molar-refractivity contribution in [3.05, 3.63) is 23.8 Å². The molecule has 0 atom stereocenters. The SMILES string of the molecule is CN=C(NC)c1cnc(C)cn1. The van der Waals surface area contributed by atoms with Gasteiger partial charge >= 0.3 is 0 Å². The number of aromatic nitrogens is 2. The van der Waals surface area contributed by atoms with Crippen LogP contribution >= 0.6 is 0 Å². The molecule has 4 heteroatoms. The van der Waals surface area contributed by atoms with E-state index in [0.717, 1.165) is 17.2 Å². The summed E-state index contributed by atoms with van der Waals surface area (Å²) in [6.45, 7) is 1.90. The lowest BCUT2D eigenvalue weighted by Crippen LogP contribution is -2.20. The number of hydrogen-bond acceptors (Lipinski definition) is 3. The summed E-state index contributed by atoms with van der Waals surface area (Å²) in [7, 11) is 3.53. The highest BCUT2D eigenvalue weighted by atomic mass is 15.0. The van der Waals surface area contributed by atoms with Crippen LogP contribution in [0.4, 0.5) is 0 Å². The normalized spacial score (nSPS) is 11.4. The van der Waals surface area contributed by atoms with Crippen molar-refractivity contribution in [3.8, 4) is 0 Å². The van der Waals surface area contributed by atoms with Crippen LogP contribution in [0.1, 0.15) is 11.4 Å². The zero-order valence-electron chi connectivity index (χ0n) is 7.50. The molecule has 0 bridgehead atoms. The van der Waals surface area contributed by atoms with E-state index in [2.05, 4.69) is 20.3 Å². The van der Waals surface area contributed by atoms with E-state index in [1.807, 2.05) is 14.0 Å². The lowest BCUT2D eigenvalue weighted by atomic mass is 10.4. The predicted molar refractivity (Wildman–Crippen MR) is 48.3 cm³/mol. The molecule has 1 aromatic rings. The second kappa shape index (κ2) is 3.80. The fourth-order valence-electron chi connectivity index (χ4n) is 0.869. The van der Waals surface area contributed by atoms with Crippen molar-refractivity contribution < 1.29 is 0 Å². The molecule has 1 rings (SSSR count). The minimum Gasteiger partial charge on any atom is -0.372 e. The third-order valence-corrected chi connectivity index (χ3v) is 1.48. The Balaban J connectivity index is 2.96. The van der Waals surface area contributed by atoms with Gasteiger partial charge in [0.15, 0.2) is 0 Å². The van der Waals surface area contributed by atoms with Crippen LogP contribution in [0.15, 0.2) is 17.4 Å². The monoisotopic (exact) mass is 164 g/mol. The molecule has 4 nitrogen and oxygen atoms in total. The molecule has 0 unspecified atom stereocenters. The number of aryl methyl sites for hydroxylation is 1. The molecule has 0 aromatic carbocycles. The fourth-order valence-corrected chi connectivity index (χ4v) is 0.869. The van der Waals surface area contributed by atoms with Crippen LogP contribution in [0.2, 0.25) is 0 Å². The van der Waals surface area contributed by atoms with Crippen molar-refractivity contribution in [1.82, 2.24) is 15.3 Å². The summed E-state index contributed by atoms with van der Waals surface area (Å²) >= 11 is 0. The number of aliphatic imine (C=N–C) groups is 1. The Hall–Kier alpha value is -1.45. The number of amidine groups is 1. The Labute approximate surface area is 71.8 Å². The Morgan fingerprint density at radius 3 is 2.58 bits per heavy atom. The van der Waals surface area contributed by atoms with Gasteiger partial charge in [0, 0.05) is 20.3 Å². The van der Waals surface area contributed by atoms with Gasteiger partial charge in [0.1, 0.15) is 11.5 Å². The van der Waals surface area contributed by atoms with Gasteiger partial charge in [-0.25, -0.2) is 4.98 Å². The second-order valence-electron chi connectivity index (χ2n) is 2.37. The first-order valence-electron chi connectivity index (χ1n) is 3.71. The molecule has 0 amide bonds. The van der Waals surface area contributed by atoms with E-state index in [9.17, 15) is 0 Å². The molecule has 0 aliphatic rings. The van der Waals surface area contributed by atoms with E-state index in [1.54, 1.807) is 19.4 Å². The maximum atomic E-state index is 4.16. The summed E-state index contributed by atoms with van der Waals surface area (Å²) in [4.78, 5) is 12.3. The van der Waals surface area contributed by atoms with E-state index in [1.165, 1.54) is 0 Å². The molecule has 0 aliphatic heterocycles. The average molecular weight is 164 g/mol. The van der Waals surface area contributed by atoms with Crippen LogP contribution in [-0.4, -0.2) is 29.9 Å². The summed E-state index contributed by atoms with van der Waals surface area (Å²) in [6, 6.07) is 0. The van der Waals surface area contributed by atoms with Crippen LogP contribution in [0.3, 0.4) is 0 Å². The lowest BCUT2D eigenvalue weighted by Gasteiger charge is -2.02. The Morgan fingerprint density at radius 2 is 2.17 bits per heavy atom. The number of hydrogen-bond donors (Lipinski definition) is 1. The van der Waals surface area contributed by atoms with Crippen LogP contribution in [-0.2, 0) is 0 Å². The van der Waals surface area contributed by atoms with Gasteiger partial charge in [0.05, 0.1) is 11.9 Å². The predicted octanol–water partition coefficient (Wildman–Crippen LogP) is 0.381. The number of nitrogens with one attached hydrogen (secondary N) is 1. The van der Waals surface area contributed by atoms with Crippen LogP contribution in [0, 0.1) is 6.92 Å². The minimum absolute atomic E-state index is 0.752. The average Bonchev–Trinajstić information content (AvgIpc) is 2.10. The van der Waals surface area contributed by atoms with E-state index >= 15 is 0 Å².